The van der Waals surface area contributed by atoms with Crippen LogP contribution in [0.3, 0.4) is 0 Å². The van der Waals surface area contributed by atoms with E-state index in [0.29, 0.717) is 10.7 Å². The van der Waals surface area contributed by atoms with E-state index >= 15 is 0 Å². The molecule has 1 aliphatic heterocycles. The Hall–Kier alpha value is -1.03. The van der Waals surface area contributed by atoms with Crippen molar-refractivity contribution in [1.29, 1.82) is 0 Å². The number of fused-ring (bicyclic) bond motifs is 1. The van der Waals surface area contributed by atoms with Gasteiger partial charge in [-0.05, 0) is 35.9 Å². The molecule has 0 aliphatic carbocycles. The molecule has 1 heterocycles. The number of hydrogen-bond donors (Lipinski definition) is 1. The first-order valence-corrected chi connectivity index (χ1v) is 7.99. The SMILES string of the molecule is Nc1cccc(Cl)c1SCC1Cc2cc(Cl)ccc2O1. The average molecular weight is 326 g/mol. The van der Waals surface area contributed by atoms with E-state index in [1.54, 1.807) is 11.8 Å². The Morgan fingerprint density at radius 1 is 1.25 bits per heavy atom. The van der Waals surface area contributed by atoms with Gasteiger partial charge in [0.25, 0.3) is 0 Å². The van der Waals surface area contributed by atoms with Crippen LogP contribution < -0.4 is 10.5 Å². The fraction of sp³-hybridized carbons (Fsp3) is 0.200. The highest BCUT2D eigenvalue weighted by Gasteiger charge is 2.23. The van der Waals surface area contributed by atoms with Gasteiger partial charge in [-0.2, -0.15) is 0 Å². The molecule has 0 radical (unpaired) electrons. The summed E-state index contributed by atoms with van der Waals surface area (Å²) in [6.45, 7) is 0. The molecule has 104 valence electrons. The van der Waals surface area contributed by atoms with Gasteiger partial charge in [0.15, 0.2) is 0 Å². The molecule has 2 aromatic rings. The lowest BCUT2D eigenvalue weighted by Gasteiger charge is -2.12. The van der Waals surface area contributed by atoms with E-state index < -0.39 is 0 Å². The highest BCUT2D eigenvalue weighted by atomic mass is 35.5. The summed E-state index contributed by atoms with van der Waals surface area (Å²) in [5.41, 5.74) is 7.82. The van der Waals surface area contributed by atoms with Crippen molar-refractivity contribution in [1.82, 2.24) is 0 Å². The lowest BCUT2D eigenvalue weighted by atomic mass is 10.1. The van der Waals surface area contributed by atoms with E-state index in [9.17, 15) is 0 Å². The van der Waals surface area contributed by atoms with E-state index in [1.165, 1.54) is 0 Å². The zero-order chi connectivity index (χ0) is 14.1. The van der Waals surface area contributed by atoms with E-state index in [-0.39, 0.29) is 6.10 Å². The van der Waals surface area contributed by atoms with Gasteiger partial charge >= 0.3 is 0 Å². The minimum atomic E-state index is 0.129. The third-order valence-corrected chi connectivity index (χ3v) is 5.12. The summed E-state index contributed by atoms with van der Waals surface area (Å²) in [5.74, 6) is 1.73. The molecule has 20 heavy (non-hydrogen) atoms. The smallest absolute Gasteiger partial charge is 0.123 e. The molecule has 0 fully saturated rings. The molecule has 2 N–H and O–H groups in total. The summed E-state index contributed by atoms with van der Waals surface area (Å²) in [6.07, 6.45) is 0.997. The van der Waals surface area contributed by atoms with Crippen molar-refractivity contribution < 1.29 is 4.74 Å². The summed E-state index contributed by atoms with van der Waals surface area (Å²) in [6, 6.07) is 11.3. The van der Waals surface area contributed by atoms with Crippen LogP contribution in [0.25, 0.3) is 0 Å². The van der Waals surface area contributed by atoms with Crippen LogP contribution >= 0.6 is 35.0 Å². The second kappa shape index (κ2) is 5.76. The highest BCUT2D eigenvalue weighted by Crippen LogP contribution is 2.36. The minimum Gasteiger partial charge on any atom is -0.489 e. The third kappa shape index (κ3) is 2.85. The summed E-state index contributed by atoms with van der Waals surface area (Å²) in [4.78, 5) is 0.923. The molecule has 1 atom stereocenters. The Bertz CT molecular complexity index is 628. The topological polar surface area (TPSA) is 35.2 Å². The first kappa shape index (κ1) is 13.9. The number of anilines is 1. The molecule has 0 saturated heterocycles. The maximum Gasteiger partial charge on any atom is 0.123 e. The fourth-order valence-corrected chi connectivity index (χ4v) is 3.76. The third-order valence-electron chi connectivity index (χ3n) is 3.17. The van der Waals surface area contributed by atoms with Crippen LogP contribution in [0.2, 0.25) is 10.0 Å². The van der Waals surface area contributed by atoms with Crippen molar-refractivity contribution in [2.75, 3.05) is 11.5 Å². The molecule has 3 rings (SSSR count). The predicted molar refractivity (Wildman–Crippen MR) is 86.2 cm³/mol. The van der Waals surface area contributed by atoms with Crippen LogP contribution in [0.15, 0.2) is 41.3 Å². The molecular weight excluding hydrogens is 313 g/mol. The van der Waals surface area contributed by atoms with Gasteiger partial charge in [0, 0.05) is 27.8 Å². The molecule has 0 spiro atoms. The van der Waals surface area contributed by atoms with Crippen LogP contribution in [0.1, 0.15) is 5.56 Å². The average Bonchev–Trinajstić information content (AvgIpc) is 2.80. The van der Waals surface area contributed by atoms with Crippen molar-refractivity contribution in [3.05, 3.63) is 52.0 Å². The second-order valence-electron chi connectivity index (χ2n) is 4.67. The standard InChI is InChI=1S/C15H13Cl2NOS/c16-10-4-5-14-9(6-10)7-11(19-14)8-20-15-12(17)2-1-3-13(15)18/h1-6,11H,7-8,18H2. The van der Waals surface area contributed by atoms with Gasteiger partial charge in [0.1, 0.15) is 11.9 Å². The van der Waals surface area contributed by atoms with E-state index in [2.05, 4.69) is 0 Å². The minimum absolute atomic E-state index is 0.129. The van der Waals surface area contributed by atoms with Crippen molar-refractivity contribution in [2.24, 2.45) is 0 Å². The van der Waals surface area contributed by atoms with Gasteiger partial charge in [0.05, 0.1) is 5.02 Å². The number of thioether (sulfide) groups is 1. The van der Waals surface area contributed by atoms with Crippen molar-refractivity contribution in [3.8, 4) is 5.75 Å². The van der Waals surface area contributed by atoms with Crippen LogP contribution in [0.4, 0.5) is 5.69 Å². The van der Waals surface area contributed by atoms with Crippen LogP contribution in [0, 0.1) is 0 Å². The zero-order valence-corrected chi connectivity index (χ0v) is 12.9. The van der Waals surface area contributed by atoms with Gasteiger partial charge in [-0.1, -0.05) is 29.3 Å². The monoisotopic (exact) mass is 325 g/mol. The molecule has 2 aromatic carbocycles. The largest absolute Gasteiger partial charge is 0.489 e. The fourth-order valence-electron chi connectivity index (χ4n) is 2.24. The van der Waals surface area contributed by atoms with Crippen molar-refractivity contribution in [3.63, 3.8) is 0 Å². The van der Waals surface area contributed by atoms with Gasteiger partial charge in [-0.3, -0.25) is 0 Å². The summed E-state index contributed by atoms with van der Waals surface area (Å²) >= 11 is 13.8. The molecule has 0 saturated carbocycles. The van der Waals surface area contributed by atoms with Crippen LogP contribution in [-0.2, 0) is 6.42 Å². The Balaban J connectivity index is 1.67. The molecule has 0 bridgehead atoms. The maximum absolute atomic E-state index is 6.17. The predicted octanol–water partition coefficient (Wildman–Crippen LogP) is 4.67. The van der Waals surface area contributed by atoms with Crippen LogP contribution in [0.5, 0.6) is 5.75 Å². The Labute approximate surface area is 132 Å². The molecule has 1 unspecified atom stereocenters. The van der Waals surface area contributed by atoms with Gasteiger partial charge in [-0.15, -0.1) is 11.8 Å². The molecule has 0 aromatic heterocycles. The Kier molecular flexibility index (Phi) is 4.01. The highest BCUT2D eigenvalue weighted by molar-refractivity contribution is 7.99. The van der Waals surface area contributed by atoms with E-state index in [1.807, 2.05) is 36.4 Å². The molecule has 1 aliphatic rings. The number of hydrogen-bond acceptors (Lipinski definition) is 3. The van der Waals surface area contributed by atoms with Crippen molar-refractivity contribution in [2.45, 2.75) is 17.4 Å². The number of benzene rings is 2. The molecular formula is C15H13Cl2NOS. The summed E-state index contributed by atoms with van der Waals surface area (Å²) in [7, 11) is 0. The van der Waals surface area contributed by atoms with E-state index in [0.717, 1.165) is 33.4 Å². The van der Waals surface area contributed by atoms with Crippen molar-refractivity contribution >= 4 is 40.7 Å². The number of halogens is 2. The Morgan fingerprint density at radius 3 is 2.90 bits per heavy atom. The quantitative estimate of drug-likeness (QED) is 0.657. The summed E-state index contributed by atoms with van der Waals surface area (Å²) in [5, 5.41) is 1.43. The maximum atomic E-state index is 6.17. The second-order valence-corrected chi connectivity index (χ2v) is 6.54. The van der Waals surface area contributed by atoms with E-state index in [4.69, 9.17) is 33.7 Å². The molecule has 2 nitrogen and oxygen atoms in total. The number of ether oxygens (including phenoxy) is 1. The van der Waals surface area contributed by atoms with Gasteiger partial charge < -0.3 is 10.5 Å². The Morgan fingerprint density at radius 2 is 2.10 bits per heavy atom. The first-order chi connectivity index (χ1) is 9.63. The zero-order valence-electron chi connectivity index (χ0n) is 10.6. The lowest BCUT2D eigenvalue weighted by molar-refractivity contribution is 0.259. The van der Waals surface area contributed by atoms with Gasteiger partial charge in [-0.25, -0.2) is 0 Å². The lowest BCUT2D eigenvalue weighted by Crippen LogP contribution is -2.16. The molecule has 5 heteroatoms. The van der Waals surface area contributed by atoms with Crippen LogP contribution in [-0.4, -0.2) is 11.9 Å². The number of nitrogen functional groups attached to an aromatic ring is 1. The normalized spacial score (nSPS) is 16.8. The first-order valence-electron chi connectivity index (χ1n) is 6.25. The van der Waals surface area contributed by atoms with Gasteiger partial charge in [0.2, 0.25) is 0 Å². The number of rotatable bonds is 3. The molecule has 0 amide bonds. The number of nitrogens with two attached hydrogens (primary N) is 1. The summed E-state index contributed by atoms with van der Waals surface area (Å²) < 4.78 is 5.90.